The van der Waals surface area contributed by atoms with Crippen molar-refractivity contribution in [2.75, 3.05) is 0 Å². The standard InChI is InChI=1S/C22H36N2O5S/c1-5-17(10-8-14-25)19(26)23-22(15-18(22)11-7-6-9-16(2)3)20(27)24-30(28,29)21(4)12-13-21/h7,11,14,16-18H,5-6,8-10,12-13,15H2,1-4H3,(H,23,26)(H,24,27). The SMILES string of the molecule is CCC(CCC=O)C(=O)NC1(C(=O)NS(=O)(=O)C2(C)CC2)CC1C=CCCC(C)C. The molecular formula is C22H36N2O5S. The van der Waals surface area contributed by atoms with Crippen molar-refractivity contribution in [1.29, 1.82) is 0 Å². The molecule has 2 saturated carbocycles. The molecule has 8 heteroatoms. The molecule has 7 nitrogen and oxygen atoms in total. The summed E-state index contributed by atoms with van der Waals surface area (Å²) in [6.45, 7) is 7.75. The van der Waals surface area contributed by atoms with E-state index >= 15 is 0 Å². The van der Waals surface area contributed by atoms with Crippen LogP contribution in [-0.2, 0) is 24.4 Å². The van der Waals surface area contributed by atoms with Gasteiger partial charge in [-0.25, -0.2) is 8.42 Å². The van der Waals surface area contributed by atoms with Crippen molar-refractivity contribution in [2.45, 2.75) is 89.3 Å². The third-order valence-electron chi connectivity index (χ3n) is 6.37. The van der Waals surface area contributed by atoms with Crippen LogP contribution in [-0.4, -0.2) is 36.8 Å². The fourth-order valence-corrected chi connectivity index (χ4v) is 4.88. The van der Waals surface area contributed by atoms with Gasteiger partial charge in [0.2, 0.25) is 15.9 Å². The van der Waals surface area contributed by atoms with E-state index in [1.807, 2.05) is 19.1 Å². The van der Waals surface area contributed by atoms with E-state index < -0.39 is 26.2 Å². The zero-order valence-electron chi connectivity index (χ0n) is 18.6. The number of hydrogen-bond donors (Lipinski definition) is 2. The number of amides is 2. The second-order valence-corrected chi connectivity index (χ2v) is 11.6. The van der Waals surface area contributed by atoms with Crippen molar-refractivity contribution in [1.82, 2.24) is 10.0 Å². The summed E-state index contributed by atoms with van der Waals surface area (Å²) in [5.41, 5.74) is -1.24. The molecule has 2 amide bonds. The Morgan fingerprint density at radius 3 is 2.37 bits per heavy atom. The van der Waals surface area contributed by atoms with Gasteiger partial charge in [-0.05, 0) is 57.8 Å². The average Bonchev–Trinajstić information content (AvgIpc) is 3.57. The highest BCUT2D eigenvalue weighted by atomic mass is 32.2. The number of carbonyl (C=O) groups is 3. The van der Waals surface area contributed by atoms with Gasteiger partial charge in [0, 0.05) is 18.3 Å². The summed E-state index contributed by atoms with van der Waals surface area (Å²) in [4.78, 5) is 36.5. The van der Waals surface area contributed by atoms with Crippen LogP contribution in [0.25, 0.3) is 0 Å². The Labute approximate surface area is 180 Å². The molecule has 2 fully saturated rings. The maximum absolute atomic E-state index is 13.0. The summed E-state index contributed by atoms with van der Waals surface area (Å²) < 4.78 is 26.4. The zero-order chi connectivity index (χ0) is 22.6. The molecule has 3 atom stereocenters. The molecule has 0 spiro atoms. The quantitative estimate of drug-likeness (QED) is 0.338. The van der Waals surface area contributed by atoms with Crippen LogP contribution in [0.15, 0.2) is 12.2 Å². The average molecular weight is 441 g/mol. The number of rotatable bonds is 13. The molecule has 2 N–H and O–H groups in total. The zero-order valence-corrected chi connectivity index (χ0v) is 19.4. The summed E-state index contributed by atoms with van der Waals surface area (Å²) in [7, 11) is -3.79. The topological polar surface area (TPSA) is 109 Å². The minimum Gasteiger partial charge on any atom is -0.341 e. The summed E-state index contributed by atoms with van der Waals surface area (Å²) in [6.07, 6.45) is 9.24. The first-order valence-corrected chi connectivity index (χ1v) is 12.5. The van der Waals surface area contributed by atoms with E-state index in [1.54, 1.807) is 6.92 Å². The van der Waals surface area contributed by atoms with Gasteiger partial charge in [-0.3, -0.25) is 14.3 Å². The van der Waals surface area contributed by atoms with E-state index in [2.05, 4.69) is 23.9 Å². The van der Waals surface area contributed by atoms with Gasteiger partial charge in [-0.1, -0.05) is 32.9 Å². The largest absolute Gasteiger partial charge is 0.341 e. The summed E-state index contributed by atoms with van der Waals surface area (Å²) >= 11 is 0. The molecule has 0 heterocycles. The number of allylic oxidation sites excluding steroid dienone is 1. The maximum Gasteiger partial charge on any atom is 0.259 e. The number of carbonyl (C=O) groups excluding carboxylic acids is 3. The van der Waals surface area contributed by atoms with Crippen molar-refractivity contribution in [3.8, 4) is 0 Å². The van der Waals surface area contributed by atoms with E-state index in [4.69, 9.17) is 0 Å². The van der Waals surface area contributed by atoms with E-state index in [0.717, 1.165) is 19.1 Å². The summed E-state index contributed by atoms with van der Waals surface area (Å²) in [6, 6.07) is 0. The van der Waals surface area contributed by atoms with E-state index in [1.165, 1.54) is 0 Å². The second-order valence-electron chi connectivity index (χ2n) is 9.40. The van der Waals surface area contributed by atoms with Crippen LogP contribution in [0.3, 0.4) is 0 Å². The van der Waals surface area contributed by atoms with Gasteiger partial charge in [0.15, 0.2) is 0 Å². The van der Waals surface area contributed by atoms with Gasteiger partial charge >= 0.3 is 0 Å². The first-order valence-electron chi connectivity index (χ1n) is 11.0. The predicted molar refractivity (Wildman–Crippen MR) is 116 cm³/mol. The first kappa shape index (κ1) is 24.6. The van der Waals surface area contributed by atoms with Crippen molar-refractivity contribution >= 4 is 28.1 Å². The smallest absolute Gasteiger partial charge is 0.259 e. The van der Waals surface area contributed by atoms with Crippen molar-refractivity contribution < 1.29 is 22.8 Å². The fraction of sp³-hybridized carbons (Fsp3) is 0.773. The fourth-order valence-electron chi connectivity index (χ4n) is 3.56. The van der Waals surface area contributed by atoms with Crippen molar-refractivity contribution in [2.24, 2.45) is 17.8 Å². The molecule has 2 aliphatic carbocycles. The number of sulfonamides is 1. The van der Waals surface area contributed by atoms with Gasteiger partial charge in [0.1, 0.15) is 11.8 Å². The van der Waals surface area contributed by atoms with Gasteiger partial charge in [0.05, 0.1) is 4.75 Å². The Morgan fingerprint density at radius 2 is 1.83 bits per heavy atom. The Morgan fingerprint density at radius 1 is 1.17 bits per heavy atom. The first-order chi connectivity index (χ1) is 14.0. The Kier molecular flexibility index (Phi) is 7.88. The molecule has 3 unspecified atom stereocenters. The molecule has 0 bridgehead atoms. The molecule has 2 aliphatic rings. The lowest BCUT2D eigenvalue weighted by Crippen LogP contribution is -2.54. The van der Waals surface area contributed by atoms with Crippen molar-refractivity contribution in [3.63, 3.8) is 0 Å². The Hall–Kier alpha value is -1.70. The summed E-state index contributed by atoms with van der Waals surface area (Å²) in [5, 5.41) is 2.84. The van der Waals surface area contributed by atoms with Crippen LogP contribution in [0, 0.1) is 17.8 Å². The molecule has 0 aliphatic heterocycles. The monoisotopic (exact) mass is 440 g/mol. The minimum absolute atomic E-state index is 0.237. The van der Waals surface area contributed by atoms with E-state index in [9.17, 15) is 22.8 Å². The van der Waals surface area contributed by atoms with Gasteiger partial charge < -0.3 is 10.1 Å². The Balaban J connectivity index is 2.14. The molecule has 0 aromatic rings. The number of nitrogens with one attached hydrogen (secondary N) is 2. The molecule has 0 aromatic heterocycles. The number of hydrogen-bond acceptors (Lipinski definition) is 5. The van der Waals surface area contributed by atoms with Crippen LogP contribution < -0.4 is 10.0 Å². The lowest BCUT2D eigenvalue weighted by Gasteiger charge is -2.23. The predicted octanol–water partition coefficient (Wildman–Crippen LogP) is 2.86. The summed E-state index contributed by atoms with van der Waals surface area (Å²) in [5.74, 6) is -1.02. The van der Waals surface area contributed by atoms with Crippen LogP contribution in [0.2, 0.25) is 0 Å². The third-order valence-corrected chi connectivity index (χ3v) is 8.53. The van der Waals surface area contributed by atoms with Gasteiger partial charge in [0.25, 0.3) is 5.91 Å². The van der Waals surface area contributed by atoms with Crippen LogP contribution in [0.4, 0.5) is 0 Å². The molecule has 0 radical (unpaired) electrons. The third kappa shape index (κ3) is 5.71. The van der Waals surface area contributed by atoms with E-state index in [0.29, 0.717) is 38.0 Å². The normalized spacial score (nSPS) is 25.7. The highest BCUT2D eigenvalue weighted by Gasteiger charge is 2.62. The lowest BCUT2D eigenvalue weighted by atomic mass is 9.98. The van der Waals surface area contributed by atoms with Gasteiger partial charge in [-0.2, -0.15) is 0 Å². The maximum atomic E-state index is 13.0. The van der Waals surface area contributed by atoms with Gasteiger partial charge in [-0.15, -0.1) is 0 Å². The lowest BCUT2D eigenvalue weighted by molar-refractivity contribution is -0.131. The highest BCUT2D eigenvalue weighted by molar-refractivity contribution is 7.91. The van der Waals surface area contributed by atoms with Crippen LogP contribution >= 0.6 is 0 Å². The molecular weight excluding hydrogens is 404 g/mol. The Bertz CT molecular complexity index is 785. The van der Waals surface area contributed by atoms with Crippen molar-refractivity contribution in [3.05, 3.63) is 12.2 Å². The molecule has 30 heavy (non-hydrogen) atoms. The second kappa shape index (κ2) is 9.62. The molecule has 0 aromatic carbocycles. The molecule has 2 rings (SSSR count). The number of aldehydes is 1. The van der Waals surface area contributed by atoms with Crippen LogP contribution in [0.5, 0.6) is 0 Å². The highest BCUT2D eigenvalue weighted by Crippen LogP contribution is 2.47. The minimum atomic E-state index is -3.79. The molecule has 170 valence electrons. The molecule has 0 saturated heterocycles. The van der Waals surface area contributed by atoms with E-state index in [-0.39, 0.29) is 24.2 Å². The van der Waals surface area contributed by atoms with Crippen LogP contribution in [0.1, 0.15) is 79.1 Å².